The third-order valence-electron chi connectivity index (χ3n) is 4.41. The van der Waals surface area contributed by atoms with E-state index in [1.54, 1.807) is 0 Å². The molecule has 1 aliphatic heterocycles. The summed E-state index contributed by atoms with van der Waals surface area (Å²) in [6.45, 7) is 4.61. The zero-order chi connectivity index (χ0) is 12.3. The molecule has 2 aliphatic rings. The van der Waals surface area contributed by atoms with Gasteiger partial charge in [-0.1, -0.05) is 6.42 Å². The molecule has 96 valence electrons. The fourth-order valence-electron chi connectivity index (χ4n) is 3.35. The monoisotopic (exact) mass is 235 g/mol. The van der Waals surface area contributed by atoms with Crippen molar-refractivity contribution in [1.82, 2.24) is 9.80 Å². The normalized spacial score (nSPS) is 28.7. The Kier molecular flexibility index (Phi) is 4.06. The summed E-state index contributed by atoms with van der Waals surface area (Å²) in [5, 5.41) is 9.25. The highest BCUT2D eigenvalue weighted by Crippen LogP contribution is 2.40. The van der Waals surface area contributed by atoms with Gasteiger partial charge in [0.1, 0.15) is 0 Å². The number of piperidine rings is 1. The zero-order valence-corrected chi connectivity index (χ0v) is 11.3. The van der Waals surface area contributed by atoms with Crippen molar-refractivity contribution in [1.29, 1.82) is 5.26 Å². The Balaban J connectivity index is 1.77. The molecule has 1 heterocycles. The molecule has 0 aromatic carbocycles. The molecule has 0 N–H and O–H groups in total. The molecule has 17 heavy (non-hydrogen) atoms. The molecule has 0 radical (unpaired) electrons. The van der Waals surface area contributed by atoms with Gasteiger partial charge in [-0.15, -0.1) is 0 Å². The molecule has 0 amide bonds. The molecule has 3 heteroatoms. The van der Waals surface area contributed by atoms with Crippen LogP contribution in [0.25, 0.3) is 0 Å². The molecular weight excluding hydrogens is 210 g/mol. The van der Waals surface area contributed by atoms with E-state index in [1.807, 2.05) is 0 Å². The zero-order valence-electron chi connectivity index (χ0n) is 11.3. The lowest BCUT2D eigenvalue weighted by molar-refractivity contribution is 0.107. The molecule has 2 rings (SSSR count). The van der Waals surface area contributed by atoms with E-state index in [0.717, 1.165) is 31.8 Å². The predicted octanol–water partition coefficient (Wildman–Crippen LogP) is 1.95. The highest BCUT2D eigenvalue weighted by Gasteiger charge is 2.38. The van der Waals surface area contributed by atoms with E-state index in [1.165, 1.54) is 32.4 Å². The Morgan fingerprint density at radius 3 is 2.71 bits per heavy atom. The van der Waals surface area contributed by atoms with E-state index in [0.29, 0.717) is 0 Å². The maximum absolute atomic E-state index is 9.25. The molecule has 1 aliphatic carbocycles. The average molecular weight is 235 g/mol. The van der Waals surface area contributed by atoms with Crippen LogP contribution in [0.4, 0.5) is 0 Å². The van der Waals surface area contributed by atoms with Crippen LogP contribution in [0.2, 0.25) is 0 Å². The van der Waals surface area contributed by atoms with E-state index in [2.05, 4.69) is 30.0 Å². The van der Waals surface area contributed by atoms with Crippen LogP contribution < -0.4 is 0 Å². The summed E-state index contributed by atoms with van der Waals surface area (Å²) in [6, 6.07) is 2.54. The fraction of sp³-hybridized carbons (Fsp3) is 0.929. The summed E-state index contributed by atoms with van der Waals surface area (Å²) in [4.78, 5) is 4.83. The lowest BCUT2D eigenvalue weighted by Gasteiger charge is -2.40. The van der Waals surface area contributed by atoms with Crippen LogP contribution in [0.5, 0.6) is 0 Å². The van der Waals surface area contributed by atoms with E-state index < -0.39 is 0 Å². The molecule has 0 bridgehead atoms. The number of rotatable bonds is 4. The van der Waals surface area contributed by atoms with Crippen LogP contribution in [-0.4, -0.2) is 50.1 Å². The highest BCUT2D eigenvalue weighted by molar-refractivity contribution is 5.06. The van der Waals surface area contributed by atoms with Gasteiger partial charge < -0.3 is 9.80 Å². The van der Waals surface area contributed by atoms with Gasteiger partial charge >= 0.3 is 0 Å². The first-order valence-electron chi connectivity index (χ1n) is 6.92. The number of nitriles is 1. The van der Waals surface area contributed by atoms with Crippen molar-refractivity contribution in [3.05, 3.63) is 0 Å². The average Bonchev–Trinajstić information content (AvgIpc) is 2.23. The molecule has 1 unspecified atom stereocenters. The van der Waals surface area contributed by atoms with Gasteiger partial charge in [0.15, 0.2) is 0 Å². The summed E-state index contributed by atoms with van der Waals surface area (Å²) >= 11 is 0. The molecule has 1 saturated carbocycles. The summed E-state index contributed by atoms with van der Waals surface area (Å²) in [7, 11) is 4.40. The van der Waals surface area contributed by atoms with Crippen LogP contribution in [0.3, 0.4) is 0 Å². The standard InChI is InChI=1S/C14H25N3/c1-16-8-3-5-13(9-16)10-17(2)12-14(11-15)6-4-7-14/h13H,3-10,12H2,1-2H3. The largest absolute Gasteiger partial charge is 0.306 e. The van der Waals surface area contributed by atoms with Crippen molar-refractivity contribution >= 4 is 0 Å². The van der Waals surface area contributed by atoms with E-state index in [9.17, 15) is 5.26 Å². The second-order valence-corrected chi connectivity index (χ2v) is 6.21. The van der Waals surface area contributed by atoms with E-state index in [4.69, 9.17) is 0 Å². The van der Waals surface area contributed by atoms with Gasteiger partial charge in [-0.2, -0.15) is 5.26 Å². The van der Waals surface area contributed by atoms with Gasteiger partial charge in [0.2, 0.25) is 0 Å². The van der Waals surface area contributed by atoms with Crippen molar-refractivity contribution in [3.63, 3.8) is 0 Å². The maximum atomic E-state index is 9.25. The second kappa shape index (κ2) is 5.37. The Hall–Kier alpha value is -0.590. The van der Waals surface area contributed by atoms with Crippen molar-refractivity contribution < 1.29 is 0 Å². The Bertz CT molecular complexity index is 290. The van der Waals surface area contributed by atoms with Crippen molar-refractivity contribution in [2.75, 3.05) is 40.3 Å². The van der Waals surface area contributed by atoms with Gasteiger partial charge in [-0.3, -0.25) is 0 Å². The van der Waals surface area contributed by atoms with Gasteiger partial charge in [0.25, 0.3) is 0 Å². The van der Waals surface area contributed by atoms with Crippen LogP contribution >= 0.6 is 0 Å². The molecule has 1 saturated heterocycles. The lowest BCUT2D eigenvalue weighted by atomic mass is 9.69. The van der Waals surface area contributed by atoms with Crippen LogP contribution in [0, 0.1) is 22.7 Å². The smallest absolute Gasteiger partial charge is 0.0703 e. The van der Waals surface area contributed by atoms with Crippen LogP contribution in [-0.2, 0) is 0 Å². The molecule has 0 aromatic rings. The predicted molar refractivity (Wildman–Crippen MR) is 69.6 cm³/mol. The molecule has 3 nitrogen and oxygen atoms in total. The summed E-state index contributed by atoms with van der Waals surface area (Å²) < 4.78 is 0. The Morgan fingerprint density at radius 1 is 1.41 bits per heavy atom. The SMILES string of the molecule is CN1CCCC(CN(C)CC2(C#N)CCC2)C1. The summed E-state index contributed by atoms with van der Waals surface area (Å²) in [5.41, 5.74) is -0.00464. The van der Waals surface area contributed by atoms with E-state index >= 15 is 0 Å². The van der Waals surface area contributed by atoms with E-state index in [-0.39, 0.29) is 5.41 Å². The minimum Gasteiger partial charge on any atom is -0.306 e. The first-order chi connectivity index (χ1) is 8.13. The number of nitrogens with zero attached hydrogens (tertiary/aromatic N) is 3. The Labute approximate surface area is 105 Å². The molecular formula is C14H25N3. The summed E-state index contributed by atoms with van der Waals surface area (Å²) in [5.74, 6) is 0.801. The second-order valence-electron chi connectivity index (χ2n) is 6.21. The van der Waals surface area contributed by atoms with Crippen LogP contribution in [0.15, 0.2) is 0 Å². The van der Waals surface area contributed by atoms with Crippen molar-refractivity contribution in [3.8, 4) is 6.07 Å². The van der Waals surface area contributed by atoms with Gasteiger partial charge in [-0.25, -0.2) is 0 Å². The number of hydrogen-bond donors (Lipinski definition) is 0. The first kappa shape index (κ1) is 12.9. The minimum absolute atomic E-state index is 0.00464. The first-order valence-corrected chi connectivity index (χ1v) is 6.92. The topological polar surface area (TPSA) is 30.3 Å². The third kappa shape index (κ3) is 3.20. The fourth-order valence-corrected chi connectivity index (χ4v) is 3.35. The molecule has 0 spiro atoms. The summed E-state index contributed by atoms with van der Waals surface area (Å²) in [6.07, 6.45) is 6.15. The third-order valence-corrected chi connectivity index (χ3v) is 4.41. The van der Waals surface area contributed by atoms with Gasteiger partial charge in [-0.05, 0) is 52.2 Å². The number of likely N-dealkylation sites (tertiary alicyclic amines) is 1. The van der Waals surface area contributed by atoms with Gasteiger partial charge in [0.05, 0.1) is 11.5 Å². The Morgan fingerprint density at radius 2 is 2.18 bits per heavy atom. The molecule has 2 fully saturated rings. The van der Waals surface area contributed by atoms with Crippen molar-refractivity contribution in [2.24, 2.45) is 11.3 Å². The van der Waals surface area contributed by atoms with Crippen LogP contribution in [0.1, 0.15) is 32.1 Å². The van der Waals surface area contributed by atoms with Gasteiger partial charge in [0, 0.05) is 19.6 Å². The number of hydrogen-bond acceptors (Lipinski definition) is 3. The highest BCUT2D eigenvalue weighted by atomic mass is 15.1. The minimum atomic E-state index is -0.00464. The maximum Gasteiger partial charge on any atom is 0.0703 e. The van der Waals surface area contributed by atoms with Crippen molar-refractivity contribution in [2.45, 2.75) is 32.1 Å². The quantitative estimate of drug-likeness (QED) is 0.746. The molecule has 1 atom stereocenters. The lowest BCUT2D eigenvalue weighted by Crippen LogP contribution is -2.44. The molecule has 0 aromatic heterocycles.